The van der Waals surface area contributed by atoms with Gasteiger partial charge in [-0.25, -0.2) is 0 Å². The quantitative estimate of drug-likeness (QED) is 0.530. The molecule has 4 unspecified atom stereocenters. The summed E-state index contributed by atoms with van der Waals surface area (Å²) in [5, 5.41) is 39.8. The summed E-state index contributed by atoms with van der Waals surface area (Å²) in [6, 6.07) is 32.0. The van der Waals surface area contributed by atoms with E-state index in [1.807, 2.05) is 48.5 Å². The van der Waals surface area contributed by atoms with Crippen LogP contribution in [0, 0.1) is 56.2 Å². The Labute approximate surface area is 209 Å². The van der Waals surface area contributed by atoms with E-state index in [4.69, 9.17) is 19.6 Å². The highest BCUT2D eigenvalue weighted by atomic mass is 16.7. The van der Waals surface area contributed by atoms with Gasteiger partial charge in [0.1, 0.15) is 18.5 Å². The number of ether oxygens (including phenoxy) is 3. The van der Waals surface area contributed by atoms with Crippen molar-refractivity contribution in [3.05, 3.63) is 102 Å². The first kappa shape index (κ1) is 23.1. The number of nitriles is 3. The predicted molar refractivity (Wildman–Crippen MR) is 129 cm³/mol. The predicted octanol–water partition coefficient (Wildman–Crippen LogP) is 5.38. The van der Waals surface area contributed by atoms with Gasteiger partial charge in [-0.1, -0.05) is 79.7 Å². The van der Waals surface area contributed by atoms with Crippen LogP contribution in [-0.2, 0) is 21.9 Å². The number of hydrogen-bond donors (Lipinski definition) is 1. The van der Waals surface area contributed by atoms with Crippen molar-refractivity contribution < 1.29 is 14.2 Å². The lowest BCUT2D eigenvalue weighted by Gasteiger charge is -2.48. The van der Waals surface area contributed by atoms with Crippen LogP contribution in [0.4, 0.5) is 0 Å². The summed E-state index contributed by atoms with van der Waals surface area (Å²) in [5.41, 5.74) is -1.71. The van der Waals surface area contributed by atoms with Gasteiger partial charge in [-0.05, 0) is 23.3 Å². The van der Waals surface area contributed by atoms with Gasteiger partial charge in [0.15, 0.2) is 5.41 Å². The Kier molecular flexibility index (Phi) is 5.48. The first-order chi connectivity index (χ1) is 17.5. The minimum Gasteiger partial charge on any atom is -0.489 e. The van der Waals surface area contributed by atoms with Crippen LogP contribution in [0.3, 0.4) is 0 Å². The SMILES string of the molecule is CC1C2(c3ccccc3)OC(=N)C1(C#N)C(C#N)(C#N)C(c1ccc(OCc3ccccc3)cc1)O2. The van der Waals surface area contributed by atoms with Crippen molar-refractivity contribution in [2.24, 2.45) is 16.7 Å². The minimum absolute atomic E-state index is 0.387. The van der Waals surface area contributed by atoms with Crippen molar-refractivity contribution in [3.8, 4) is 24.0 Å². The Bertz CT molecular complexity index is 1410. The maximum Gasteiger partial charge on any atom is 0.244 e. The molecular formula is C29H22N4O3. The highest BCUT2D eigenvalue weighted by Crippen LogP contribution is 2.68. The number of nitrogens with zero attached hydrogens (tertiary/aromatic N) is 3. The van der Waals surface area contributed by atoms with Gasteiger partial charge in [0.25, 0.3) is 0 Å². The minimum atomic E-state index is -2.01. The summed E-state index contributed by atoms with van der Waals surface area (Å²) < 4.78 is 18.4. The fraction of sp³-hybridized carbons (Fsp3) is 0.241. The standard InChI is InChI=1S/C29H22N4O3/c1-20-28(19-32)26(33)36-29(20,23-10-6-3-7-11-23)35-25(27(28,17-30)18-31)22-12-14-24(15-13-22)34-16-21-8-4-2-5-9-21/h2-15,20,25,33H,16H2,1H3. The molecule has 5 rings (SSSR count). The molecule has 2 fully saturated rings. The zero-order chi connectivity index (χ0) is 25.4. The Morgan fingerprint density at radius 2 is 1.47 bits per heavy atom. The van der Waals surface area contributed by atoms with E-state index >= 15 is 0 Å². The molecule has 3 aromatic rings. The van der Waals surface area contributed by atoms with Crippen LogP contribution in [0.15, 0.2) is 84.9 Å². The number of rotatable bonds is 5. The van der Waals surface area contributed by atoms with Gasteiger partial charge in [0, 0.05) is 5.56 Å². The van der Waals surface area contributed by atoms with Gasteiger partial charge in [-0.15, -0.1) is 0 Å². The molecule has 0 amide bonds. The third-order valence-electron chi connectivity index (χ3n) is 7.28. The van der Waals surface area contributed by atoms with Gasteiger partial charge >= 0.3 is 0 Å². The van der Waals surface area contributed by atoms with Crippen LogP contribution in [0.1, 0.15) is 29.7 Å². The molecule has 2 aliphatic rings. The normalized spacial score (nSPS) is 27.7. The summed E-state index contributed by atoms with van der Waals surface area (Å²) in [4.78, 5) is 0. The van der Waals surface area contributed by atoms with E-state index in [0.29, 0.717) is 23.5 Å². The third kappa shape index (κ3) is 3.02. The fourth-order valence-electron chi connectivity index (χ4n) is 5.32. The zero-order valence-corrected chi connectivity index (χ0v) is 19.5. The van der Waals surface area contributed by atoms with E-state index in [-0.39, 0.29) is 0 Å². The molecule has 176 valence electrons. The summed E-state index contributed by atoms with van der Waals surface area (Å²) in [6.45, 7) is 2.08. The van der Waals surface area contributed by atoms with Crippen molar-refractivity contribution >= 4 is 5.90 Å². The average molecular weight is 475 g/mol. The van der Waals surface area contributed by atoms with Crippen LogP contribution < -0.4 is 4.74 Å². The van der Waals surface area contributed by atoms with E-state index in [1.165, 1.54) is 0 Å². The molecule has 2 saturated heterocycles. The smallest absolute Gasteiger partial charge is 0.244 e. The second-order valence-corrected chi connectivity index (χ2v) is 8.98. The van der Waals surface area contributed by atoms with Gasteiger partial charge < -0.3 is 14.2 Å². The van der Waals surface area contributed by atoms with Crippen molar-refractivity contribution in [2.75, 3.05) is 0 Å². The molecule has 0 radical (unpaired) electrons. The molecule has 0 saturated carbocycles. The average Bonchev–Trinajstić information content (AvgIpc) is 3.09. The molecule has 2 bridgehead atoms. The Morgan fingerprint density at radius 1 is 0.861 bits per heavy atom. The molecule has 7 nitrogen and oxygen atoms in total. The summed E-state index contributed by atoms with van der Waals surface area (Å²) in [6.07, 6.45) is -1.16. The molecule has 0 spiro atoms. The third-order valence-corrected chi connectivity index (χ3v) is 7.28. The van der Waals surface area contributed by atoms with Crippen molar-refractivity contribution in [2.45, 2.75) is 25.4 Å². The maximum absolute atomic E-state index is 10.4. The summed E-state index contributed by atoms with van der Waals surface area (Å²) in [5.74, 6) is -2.13. The fourth-order valence-corrected chi connectivity index (χ4v) is 5.32. The monoisotopic (exact) mass is 474 g/mol. The van der Waals surface area contributed by atoms with Crippen LogP contribution >= 0.6 is 0 Å². The Morgan fingerprint density at radius 3 is 2.06 bits per heavy atom. The maximum atomic E-state index is 10.4. The molecule has 0 aromatic heterocycles. The van der Waals surface area contributed by atoms with Crippen molar-refractivity contribution in [1.29, 1.82) is 21.2 Å². The van der Waals surface area contributed by atoms with Gasteiger partial charge in [0.2, 0.25) is 17.1 Å². The Hall–Kier alpha value is -4.64. The molecule has 7 heteroatoms. The first-order valence-electron chi connectivity index (χ1n) is 11.5. The van der Waals surface area contributed by atoms with E-state index < -0.39 is 34.5 Å². The summed E-state index contributed by atoms with van der Waals surface area (Å²) >= 11 is 0. The van der Waals surface area contributed by atoms with Crippen LogP contribution in [0.25, 0.3) is 0 Å². The van der Waals surface area contributed by atoms with Crippen LogP contribution in [-0.4, -0.2) is 5.90 Å². The molecular weight excluding hydrogens is 452 g/mol. The number of hydrogen-bond acceptors (Lipinski definition) is 7. The van der Waals surface area contributed by atoms with E-state index in [0.717, 1.165) is 5.56 Å². The molecule has 3 aromatic carbocycles. The van der Waals surface area contributed by atoms with E-state index in [2.05, 4.69) is 18.2 Å². The molecule has 2 heterocycles. The lowest BCUT2D eigenvalue weighted by molar-refractivity contribution is -0.288. The second kappa shape index (κ2) is 8.54. The highest BCUT2D eigenvalue weighted by Gasteiger charge is 2.79. The zero-order valence-electron chi connectivity index (χ0n) is 19.5. The van der Waals surface area contributed by atoms with Crippen LogP contribution in [0.2, 0.25) is 0 Å². The first-order valence-corrected chi connectivity index (χ1v) is 11.5. The second-order valence-electron chi connectivity index (χ2n) is 8.98. The summed E-state index contributed by atoms with van der Waals surface area (Å²) in [7, 11) is 0. The lowest BCUT2D eigenvalue weighted by Crippen LogP contribution is -2.57. The van der Waals surface area contributed by atoms with Crippen molar-refractivity contribution in [1.82, 2.24) is 0 Å². The highest BCUT2D eigenvalue weighted by molar-refractivity contribution is 5.89. The number of nitrogens with one attached hydrogen (secondary N) is 1. The van der Waals surface area contributed by atoms with Crippen molar-refractivity contribution in [3.63, 3.8) is 0 Å². The molecule has 0 aliphatic carbocycles. The van der Waals surface area contributed by atoms with Crippen LogP contribution in [0.5, 0.6) is 5.75 Å². The Balaban J connectivity index is 1.57. The van der Waals surface area contributed by atoms with E-state index in [1.54, 1.807) is 43.3 Å². The van der Waals surface area contributed by atoms with Gasteiger partial charge in [-0.3, -0.25) is 5.41 Å². The lowest BCUT2D eigenvalue weighted by atomic mass is 9.53. The largest absolute Gasteiger partial charge is 0.489 e. The molecule has 1 N–H and O–H groups in total. The molecule has 36 heavy (non-hydrogen) atoms. The molecule has 4 atom stereocenters. The van der Waals surface area contributed by atoms with E-state index in [9.17, 15) is 15.8 Å². The number of fused-ring (bicyclic) bond motifs is 2. The topological polar surface area (TPSA) is 123 Å². The number of benzene rings is 3. The van der Waals surface area contributed by atoms with Gasteiger partial charge in [0.05, 0.1) is 24.1 Å². The molecule has 2 aliphatic heterocycles. The van der Waals surface area contributed by atoms with Gasteiger partial charge in [-0.2, -0.15) is 15.8 Å².